The highest BCUT2D eigenvalue weighted by molar-refractivity contribution is 6.31. The molecule has 0 spiro atoms. The van der Waals surface area contributed by atoms with Crippen LogP contribution in [0.2, 0.25) is 5.02 Å². The predicted octanol–water partition coefficient (Wildman–Crippen LogP) is 5.25. The first kappa shape index (κ1) is 19.0. The lowest BCUT2D eigenvalue weighted by Gasteiger charge is -2.31. The highest BCUT2D eigenvalue weighted by Crippen LogP contribution is 2.24. The van der Waals surface area contributed by atoms with Crippen LogP contribution in [0.5, 0.6) is 0 Å². The second-order valence-corrected chi connectivity index (χ2v) is 6.78. The monoisotopic (exact) mass is 363 g/mol. The van der Waals surface area contributed by atoms with E-state index in [9.17, 15) is 4.79 Å². The van der Waals surface area contributed by atoms with Gasteiger partial charge in [0.25, 0.3) is 0 Å². The van der Waals surface area contributed by atoms with Crippen molar-refractivity contribution in [3.8, 4) is 0 Å². The van der Waals surface area contributed by atoms with E-state index >= 15 is 0 Å². The average Bonchev–Trinajstić information content (AvgIpc) is 2.57. The molecule has 4 heteroatoms. The van der Waals surface area contributed by atoms with Gasteiger partial charge in [-0.15, -0.1) is 12.4 Å². The van der Waals surface area contributed by atoms with Gasteiger partial charge >= 0.3 is 0 Å². The van der Waals surface area contributed by atoms with Crippen LogP contribution in [0, 0.1) is 5.92 Å². The number of benzene rings is 2. The van der Waals surface area contributed by atoms with Gasteiger partial charge in [0, 0.05) is 23.6 Å². The summed E-state index contributed by atoms with van der Waals surface area (Å²) in [5, 5.41) is 0.633. The van der Waals surface area contributed by atoms with Crippen molar-refractivity contribution in [1.82, 2.24) is 4.90 Å². The lowest BCUT2D eigenvalue weighted by molar-refractivity contribution is 0.0925. The fourth-order valence-corrected chi connectivity index (χ4v) is 3.42. The van der Waals surface area contributed by atoms with Crippen molar-refractivity contribution >= 4 is 29.8 Å². The molecule has 2 nitrogen and oxygen atoms in total. The van der Waals surface area contributed by atoms with Crippen molar-refractivity contribution in [2.24, 2.45) is 5.92 Å². The van der Waals surface area contributed by atoms with Gasteiger partial charge in [-0.2, -0.15) is 0 Å². The third-order valence-electron chi connectivity index (χ3n) is 4.58. The molecule has 128 valence electrons. The number of carbonyl (C=O) groups excluding carboxylic acids is 1. The SMILES string of the molecule is Cl.O=C(CC1CCN(Cc2ccccc2)CC1)c1cccc(Cl)c1. The molecule has 0 amide bonds. The number of carbonyl (C=O) groups is 1. The van der Waals surface area contributed by atoms with Crippen LogP contribution >= 0.6 is 24.0 Å². The Morgan fingerprint density at radius 1 is 1.04 bits per heavy atom. The molecule has 1 aliphatic heterocycles. The Morgan fingerprint density at radius 3 is 2.42 bits per heavy atom. The number of nitrogens with zero attached hydrogens (tertiary/aromatic N) is 1. The van der Waals surface area contributed by atoms with E-state index in [0.29, 0.717) is 17.4 Å². The molecule has 0 N–H and O–H groups in total. The van der Waals surface area contributed by atoms with Crippen LogP contribution in [0.3, 0.4) is 0 Å². The number of Topliss-reactive ketones (excluding diaryl/α,β-unsaturated/α-hetero) is 1. The Hall–Kier alpha value is -1.35. The largest absolute Gasteiger partial charge is 0.299 e. The van der Waals surface area contributed by atoms with Gasteiger partial charge in [0.15, 0.2) is 5.78 Å². The predicted molar refractivity (Wildman–Crippen MR) is 102 cm³/mol. The van der Waals surface area contributed by atoms with E-state index in [4.69, 9.17) is 11.6 Å². The molecule has 3 rings (SSSR count). The fourth-order valence-electron chi connectivity index (χ4n) is 3.23. The smallest absolute Gasteiger partial charge is 0.163 e. The molecule has 24 heavy (non-hydrogen) atoms. The average molecular weight is 364 g/mol. The lowest BCUT2D eigenvalue weighted by Crippen LogP contribution is -2.33. The van der Waals surface area contributed by atoms with Crippen LogP contribution in [0.15, 0.2) is 54.6 Å². The number of halogens is 2. The number of hydrogen-bond acceptors (Lipinski definition) is 2. The van der Waals surface area contributed by atoms with Crippen LogP contribution in [0.25, 0.3) is 0 Å². The van der Waals surface area contributed by atoms with Gasteiger partial charge in [-0.1, -0.05) is 54.1 Å². The normalized spacial score (nSPS) is 15.7. The second-order valence-electron chi connectivity index (χ2n) is 6.34. The van der Waals surface area contributed by atoms with Crippen molar-refractivity contribution in [2.75, 3.05) is 13.1 Å². The maximum Gasteiger partial charge on any atom is 0.163 e. The summed E-state index contributed by atoms with van der Waals surface area (Å²) in [6, 6.07) is 17.9. The number of hydrogen-bond donors (Lipinski definition) is 0. The summed E-state index contributed by atoms with van der Waals surface area (Å²) in [4.78, 5) is 14.8. The van der Waals surface area contributed by atoms with Gasteiger partial charge in [-0.3, -0.25) is 9.69 Å². The van der Waals surface area contributed by atoms with E-state index in [1.54, 1.807) is 12.1 Å². The Kier molecular flexibility index (Phi) is 7.29. The topological polar surface area (TPSA) is 20.3 Å². The minimum absolute atomic E-state index is 0. The van der Waals surface area contributed by atoms with Gasteiger partial charge in [-0.05, 0) is 49.5 Å². The summed E-state index contributed by atoms with van der Waals surface area (Å²) in [6.07, 6.45) is 2.83. The molecule has 1 saturated heterocycles. The number of rotatable bonds is 5. The van der Waals surface area contributed by atoms with E-state index in [1.165, 1.54) is 5.56 Å². The first-order chi connectivity index (χ1) is 11.2. The maximum absolute atomic E-state index is 12.4. The summed E-state index contributed by atoms with van der Waals surface area (Å²) in [5.41, 5.74) is 2.10. The van der Waals surface area contributed by atoms with E-state index < -0.39 is 0 Å². The molecule has 0 aliphatic carbocycles. The van der Waals surface area contributed by atoms with Crippen LogP contribution in [-0.4, -0.2) is 23.8 Å². The van der Waals surface area contributed by atoms with Crippen molar-refractivity contribution in [3.63, 3.8) is 0 Å². The zero-order chi connectivity index (χ0) is 16.1. The maximum atomic E-state index is 12.4. The van der Waals surface area contributed by atoms with E-state index in [2.05, 4.69) is 35.2 Å². The van der Waals surface area contributed by atoms with Crippen LogP contribution < -0.4 is 0 Å². The molecule has 0 aromatic heterocycles. The minimum atomic E-state index is 0. The number of ketones is 1. The first-order valence-corrected chi connectivity index (χ1v) is 8.63. The summed E-state index contributed by atoms with van der Waals surface area (Å²) >= 11 is 5.97. The van der Waals surface area contributed by atoms with Crippen molar-refractivity contribution in [1.29, 1.82) is 0 Å². The van der Waals surface area contributed by atoms with Gasteiger partial charge in [0.2, 0.25) is 0 Å². The molecule has 2 aromatic carbocycles. The molecule has 0 radical (unpaired) electrons. The molecule has 0 bridgehead atoms. The van der Waals surface area contributed by atoms with Crippen molar-refractivity contribution in [2.45, 2.75) is 25.8 Å². The Bertz CT molecular complexity index is 652. The number of piperidine rings is 1. The standard InChI is InChI=1S/C20H22ClNO.ClH/c21-19-8-4-7-18(14-19)20(23)13-16-9-11-22(12-10-16)15-17-5-2-1-3-6-17;/h1-8,14,16H,9-13,15H2;1H. The molecular weight excluding hydrogens is 341 g/mol. The molecule has 1 aliphatic rings. The Morgan fingerprint density at radius 2 is 1.75 bits per heavy atom. The molecule has 0 unspecified atom stereocenters. The summed E-state index contributed by atoms with van der Waals surface area (Å²) < 4.78 is 0. The molecule has 1 fully saturated rings. The van der Waals surface area contributed by atoms with Crippen molar-refractivity contribution < 1.29 is 4.79 Å². The molecule has 0 atom stereocenters. The van der Waals surface area contributed by atoms with E-state index in [-0.39, 0.29) is 18.2 Å². The highest BCUT2D eigenvalue weighted by atomic mass is 35.5. The van der Waals surface area contributed by atoms with E-state index in [0.717, 1.165) is 38.0 Å². The minimum Gasteiger partial charge on any atom is -0.299 e. The van der Waals surface area contributed by atoms with Gasteiger partial charge in [-0.25, -0.2) is 0 Å². The molecule has 2 aromatic rings. The fraction of sp³-hybridized carbons (Fsp3) is 0.350. The second kappa shape index (κ2) is 9.22. The molecule has 0 saturated carbocycles. The zero-order valence-electron chi connectivity index (χ0n) is 13.7. The highest BCUT2D eigenvalue weighted by Gasteiger charge is 2.22. The van der Waals surface area contributed by atoms with Gasteiger partial charge in [0.1, 0.15) is 0 Å². The third-order valence-corrected chi connectivity index (χ3v) is 4.81. The number of likely N-dealkylation sites (tertiary alicyclic amines) is 1. The molecular formula is C20H23Cl2NO. The molecule has 1 heterocycles. The Labute approximate surface area is 155 Å². The lowest BCUT2D eigenvalue weighted by atomic mass is 9.89. The quantitative estimate of drug-likeness (QED) is 0.676. The van der Waals surface area contributed by atoms with Crippen LogP contribution in [-0.2, 0) is 6.54 Å². The van der Waals surface area contributed by atoms with Crippen molar-refractivity contribution in [3.05, 3.63) is 70.7 Å². The third kappa shape index (κ3) is 5.34. The first-order valence-electron chi connectivity index (χ1n) is 8.26. The van der Waals surface area contributed by atoms with Crippen LogP contribution in [0.1, 0.15) is 35.2 Å². The summed E-state index contributed by atoms with van der Waals surface area (Å²) in [5.74, 6) is 0.711. The zero-order valence-corrected chi connectivity index (χ0v) is 15.2. The van der Waals surface area contributed by atoms with E-state index in [1.807, 2.05) is 12.1 Å². The van der Waals surface area contributed by atoms with Crippen LogP contribution in [0.4, 0.5) is 0 Å². The van der Waals surface area contributed by atoms with Gasteiger partial charge < -0.3 is 0 Å². The summed E-state index contributed by atoms with van der Waals surface area (Å²) in [7, 11) is 0. The van der Waals surface area contributed by atoms with Gasteiger partial charge in [0.05, 0.1) is 0 Å². The summed E-state index contributed by atoms with van der Waals surface area (Å²) in [6.45, 7) is 3.15. The Balaban J connectivity index is 0.00000208.